The Hall–Kier alpha value is -1.10. The zero-order valence-electron chi connectivity index (χ0n) is 12.0. The van der Waals surface area contributed by atoms with Gasteiger partial charge in [-0.3, -0.25) is 9.59 Å². The molecule has 1 rings (SSSR count). The van der Waals surface area contributed by atoms with Crippen LogP contribution in [0, 0.1) is 11.3 Å². The number of carbonyl (C=O) groups excluding carboxylic acids is 1. The van der Waals surface area contributed by atoms with Gasteiger partial charge in [-0.25, -0.2) is 0 Å². The monoisotopic (exact) mass is 270 g/mol. The van der Waals surface area contributed by atoms with Crippen LogP contribution in [0.15, 0.2) is 0 Å². The van der Waals surface area contributed by atoms with Gasteiger partial charge >= 0.3 is 5.97 Å². The standard InChI is InChI=1S/C14H26N2O3/c1-11(2)14(13(18)19)7-9-16(10-14)12(17)6-4-3-5-8-15/h11H,3-10,15H2,1-2H3,(H,18,19). The van der Waals surface area contributed by atoms with E-state index in [1.54, 1.807) is 4.90 Å². The zero-order valence-corrected chi connectivity index (χ0v) is 12.0. The van der Waals surface area contributed by atoms with E-state index in [-0.39, 0.29) is 11.8 Å². The van der Waals surface area contributed by atoms with Gasteiger partial charge < -0.3 is 15.7 Å². The van der Waals surface area contributed by atoms with E-state index in [0.717, 1.165) is 19.3 Å². The molecule has 3 N–H and O–H groups in total. The summed E-state index contributed by atoms with van der Waals surface area (Å²) in [6, 6.07) is 0. The van der Waals surface area contributed by atoms with Gasteiger partial charge in [-0.2, -0.15) is 0 Å². The van der Waals surface area contributed by atoms with Crippen molar-refractivity contribution in [3.8, 4) is 0 Å². The summed E-state index contributed by atoms with van der Waals surface area (Å²) < 4.78 is 0. The molecular formula is C14H26N2O3. The zero-order chi connectivity index (χ0) is 14.5. The van der Waals surface area contributed by atoms with E-state index in [1.807, 2.05) is 13.8 Å². The van der Waals surface area contributed by atoms with Crippen LogP contribution in [0.1, 0.15) is 46.0 Å². The second-order valence-corrected chi connectivity index (χ2v) is 5.78. The van der Waals surface area contributed by atoms with E-state index in [9.17, 15) is 14.7 Å². The molecule has 0 bridgehead atoms. The molecule has 110 valence electrons. The van der Waals surface area contributed by atoms with Gasteiger partial charge in [0.05, 0.1) is 5.41 Å². The number of nitrogens with zero attached hydrogens (tertiary/aromatic N) is 1. The molecule has 1 unspecified atom stereocenters. The van der Waals surface area contributed by atoms with Crippen molar-refractivity contribution in [1.82, 2.24) is 4.90 Å². The highest BCUT2D eigenvalue weighted by Gasteiger charge is 2.48. The first-order valence-electron chi connectivity index (χ1n) is 7.15. The summed E-state index contributed by atoms with van der Waals surface area (Å²) in [4.78, 5) is 25.2. The molecule has 1 fully saturated rings. The first-order chi connectivity index (χ1) is 8.94. The minimum absolute atomic E-state index is 0.0417. The number of rotatable bonds is 7. The summed E-state index contributed by atoms with van der Waals surface area (Å²) in [5.41, 5.74) is 4.65. The largest absolute Gasteiger partial charge is 0.481 e. The summed E-state index contributed by atoms with van der Waals surface area (Å²) in [5.74, 6) is -0.651. The maximum Gasteiger partial charge on any atom is 0.311 e. The van der Waals surface area contributed by atoms with Crippen molar-refractivity contribution < 1.29 is 14.7 Å². The molecule has 0 aromatic rings. The van der Waals surface area contributed by atoms with Gasteiger partial charge in [0.15, 0.2) is 0 Å². The molecule has 1 heterocycles. The molecule has 1 aliphatic heterocycles. The van der Waals surface area contributed by atoms with Crippen LogP contribution in [0.5, 0.6) is 0 Å². The lowest BCUT2D eigenvalue weighted by molar-refractivity contribution is -0.151. The highest BCUT2D eigenvalue weighted by Crippen LogP contribution is 2.38. The minimum Gasteiger partial charge on any atom is -0.481 e. The smallest absolute Gasteiger partial charge is 0.311 e. The maximum atomic E-state index is 12.0. The van der Waals surface area contributed by atoms with Crippen molar-refractivity contribution in [2.24, 2.45) is 17.1 Å². The van der Waals surface area contributed by atoms with Crippen LogP contribution in [0.25, 0.3) is 0 Å². The minimum atomic E-state index is -0.777. The summed E-state index contributed by atoms with van der Waals surface area (Å²) in [5, 5.41) is 9.43. The Kier molecular flexibility index (Phi) is 5.79. The van der Waals surface area contributed by atoms with Crippen molar-refractivity contribution >= 4 is 11.9 Å². The first kappa shape index (κ1) is 16.0. The quantitative estimate of drug-likeness (QED) is 0.686. The number of carbonyl (C=O) groups is 2. The van der Waals surface area contributed by atoms with Crippen molar-refractivity contribution in [2.45, 2.75) is 46.0 Å². The molecule has 5 heteroatoms. The van der Waals surface area contributed by atoms with Gasteiger partial charge in [0.1, 0.15) is 0 Å². The highest BCUT2D eigenvalue weighted by atomic mass is 16.4. The Morgan fingerprint density at radius 1 is 1.32 bits per heavy atom. The average Bonchev–Trinajstić information content (AvgIpc) is 2.81. The first-order valence-corrected chi connectivity index (χ1v) is 7.15. The molecule has 5 nitrogen and oxygen atoms in total. The van der Waals surface area contributed by atoms with E-state index in [0.29, 0.717) is 32.5 Å². The van der Waals surface area contributed by atoms with E-state index < -0.39 is 11.4 Å². The van der Waals surface area contributed by atoms with Crippen LogP contribution in [-0.4, -0.2) is 41.5 Å². The number of aliphatic carboxylic acids is 1. The van der Waals surface area contributed by atoms with Crippen LogP contribution in [0.2, 0.25) is 0 Å². The number of likely N-dealkylation sites (tertiary alicyclic amines) is 1. The van der Waals surface area contributed by atoms with Crippen LogP contribution >= 0.6 is 0 Å². The van der Waals surface area contributed by atoms with E-state index in [4.69, 9.17) is 5.73 Å². The maximum absolute atomic E-state index is 12.0. The molecule has 1 aliphatic rings. The lowest BCUT2D eigenvalue weighted by Gasteiger charge is -2.28. The third-order valence-corrected chi connectivity index (χ3v) is 4.28. The summed E-state index contributed by atoms with van der Waals surface area (Å²) in [6.07, 6.45) is 3.82. The van der Waals surface area contributed by atoms with E-state index >= 15 is 0 Å². The van der Waals surface area contributed by atoms with Crippen LogP contribution < -0.4 is 5.73 Å². The topological polar surface area (TPSA) is 83.6 Å². The Balaban J connectivity index is 2.50. The SMILES string of the molecule is CC(C)C1(C(=O)O)CCN(C(=O)CCCCCN)C1. The lowest BCUT2D eigenvalue weighted by Crippen LogP contribution is -2.40. The fourth-order valence-corrected chi connectivity index (χ4v) is 2.69. The van der Waals surface area contributed by atoms with Gasteiger partial charge in [0.2, 0.25) is 5.91 Å². The summed E-state index contributed by atoms with van der Waals surface area (Å²) in [7, 11) is 0. The van der Waals surface area contributed by atoms with Crippen molar-refractivity contribution in [2.75, 3.05) is 19.6 Å². The predicted molar refractivity (Wildman–Crippen MR) is 73.6 cm³/mol. The second kappa shape index (κ2) is 6.89. The van der Waals surface area contributed by atoms with Gasteiger partial charge in [-0.15, -0.1) is 0 Å². The molecule has 0 aliphatic carbocycles. The van der Waals surface area contributed by atoms with Crippen molar-refractivity contribution in [3.63, 3.8) is 0 Å². The molecule has 0 aromatic heterocycles. The molecular weight excluding hydrogens is 244 g/mol. The Labute approximate surface area is 115 Å². The van der Waals surface area contributed by atoms with E-state index in [2.05, 4.69) is 0 Å². The van der Waals surface area contributed by atoms with Crippen LogP contribution in [0.3, 0.4) is 0 Å². The number of hydrogen-bond acceptors (Lipinski definition) is 3. The number of unbranched alkanes of at least 4 members (excludes halogenated alkanes) is 2. The molecule has 0 saturated carbocycles. The van der Waals surface area contributed by atoms with Crippen LogP contribution in [0.4, 0.5) is 0 Å². The van der Waals surface area contributed by atoms with Gasteiger partial charge in [-0.1, -0.05) is 20.3 Å². The van der Waals surface area contributed by atoms with Gasteiger partial charge in [0, 0.05) is 19.5 Å². The Morgan fingerprint density at radius 3 is 2.47 bits per heavy atom. The number of carboxylic acids is 1. The molecule has 1 saturated heterocycles. The average molecular weight is 270 g/mol. The number of amides is 1. The number of hydrogen-bond donors (Lipinski definition) is 2. The van der Waals surface area contributed by atoms with Gasteiger partial charge in [-0.05, 0) is 31.7 Å². The molecule has 0 aromatic carbocycles. The van der Waals surface area contributed by atoms with Gasteiger partial charge in [0.25, 0.3) is 0 Å². The summed E-state index contributed by atoms with van der Waals surface area (Å²) in [6.45, 7) is 5.43. The van der Waals surface area contributed by atoms with E-state index in [1.165, 1.54) is 0 Å². The normalized spacial score (nSPS) is 23.1. The highest BCUT2D eigenvalue weighted by molar-refractivity contribution is 5.80. The molecule has 1 amide bonds. The van der Waals surface area contributed by atoms with Crippen LogP contribution in [-0.2, 0) is 9.59 Å². The van der Waals surface area contributed by atoms with Crippen molar-refractivity contribution in [1.29, 1.82) is 0 Å². The Morgan fingerprint density at radius 2 is 2.00 bits per heavy atom. The number of carboxylic acid groups (broad SMARTS) is 1. The predicted octanol–water partition coefficient (Wildman–Crippen LogP) is 1.46. The number of nitrogens with two attached hydrogens (primary N) is 1. The molecule has 0 spiro atoms. The second-order valence-electron chi connectivity index (χ2n) is 5.78. The molecule has 0 radical (unpaired) electrons. The third-order valence-electron chi connectivity index (χ3n) is 4.28. The van der Waals surface area contributed by atoms with Crippen molar-refractivity contribution in [3.05, 3.63) is 0 Å². The molecule has 19 heavy (non-hydrogen) atoms. The third kappa shape index (κ3) is 3.69. The Bertz CT molecular complexity index is 331. The molecule has 1 atom stereocenters. The lowest BCUT2D eigenvalue weighted by atomic mass is 9.76. The fourth-order valence-electron chi connectivity index (χ4n) is 2.69. The fraction of sp³-hybridized carbons (Fsp3) is 0.857. The summed E-state index contributed by atoms with van der Waals surface area (Å²) >= 11 is 0.